The van der Waals surface area contributed by atoms with E-state index in [4.69, 9.17) is 16.6 Å². The average Bonchev–Trinajstić information content (AvgIpc) is 2.40. The lowest BCUT2D eigenvalue weighted by atomic mass is 9.95. The maximum absolute atomic E-state index is 6.28. The van der Waals surface area contributed by atoms with Crippen molar-refractivity contribution < 1.29 is 0 Å². The SMILES string of the molecule is CCc1ccc(-c2nc(C(C)(C)C)nc(Cl)c2C)cc1. The van der Waals surface area contributed by atoms with Crippen LogP contribution in [0.25, 0.3) is 11.3 Å². The molecule has 0 amide bonds. The highest BCUT2D eigenvalue weighted by Crippen LogP contribution is 2.29. The van der Waals surface area contributed by atoms with Crippen molar-refractivity contribution >= 4 is 11.6 Å². The quantitative estimate of drug-likeness (QED) is 0.730. The molecule has 1 aromatic carbocycles. The van der Waals surface area contributed by atoms with Crippen LogP contribution in [0.1, 0.15) is 44.6 Å². The molecule has 2 nitrogen and oxygen atoms in total. The number of hydrogen-bond acceptors (Lipinski definition) is 2. The van der Waals surface area contributed by atoms with Gasteiger partial charge in [0.15, 0.2) is 0 Å². The lowest BCUT2D eigenvalue weighted by Crippen LogP contribution is -2.17. The minimum atomic E-state index is -0.116. The van der Waals surface area contributed by atoms with Gasteiger partial charge in [-0.05, 0) is 18.9 Å². The van der Waals surface area contributed by atoms with Crippen LogP contribution < -0.4 is 0 Å². The molecule has 0 radical (unpaired) electrons. The molecule has 0 aliphatic rings. The van der Waals surface area contributed by atoms with Crippen LogP contribution in [0.4, 0.5) is 0 Å². The molecule has 3 heteroatoms. The third-order valence-corrected chi connectivity index (χ3v) is 3.76. The maximum Gasteiger partial charge on any atom is 0.136 e. The minimum absolute atomic E-state index is 0.116. The Labute approximate surface area is 126 Å². The summed E-state index contributed by atoms with van der Waals surface area (Å²) in [5.74, 6) is 0.780. The second-order valence-electron chi connectivity index (χ2n) is 6.11. The number of nitrogens with zero attached hydrogens (tertiary/aromatic N) is 2. The van der Waals surface area contributed by atoms with Crippen LogP contribution in [0.2, 0.25) is 5.15 Å². The van der Waals surface area contributed by atoms with Crippen LogP contribution in [0.3, 0.4) is 0 Å². The molecule has 2 rings (SSSR count). The first-order valence-corrected chi connectivity index (χ1v) is 7.34. The molecule has 0 atom stereocenters. The van der Waals surface area contributed by atoms with Crippen LogP contribution in [0.5, 0.6) is 0 Å². The van der Waals surface area contributed by atoms with E-state index in [1.165, 1.54) is 5.56 Å². The van der Waals surface area contributed by atoms with Crippen molar-refractivity contribution in [2.45, 2.75) is 46.5 Å². The zero-order valence-corrected chi connectivity index (χ0v) is 13.5. The predicted octanol–water partition coefficient (Wildman–Crippen LogP) is 4.97. The second-order valence-corrected chi connectivity index (χ2v) is 6.47. The Balaban J connectivity index is 2.57. The molecule has 1 heterocycles. The van der Waals surface area contributed by atoms with E-state index in [2.05, 4.69) is 56.9 Å². The number of rotatable bonds is 2. The Morgan fingerprint density at radius 3 is 2.15 bits per heavy atom. The number of hydrogen-bond donors (Lipinski definition) is 0. The molecule has 0 aliphatic carbocycles. The van der Waals surface area contributed by atoms with Gasteiger partial charge in [-0.1, -0.05) is 63.6 Å². The van der Waals surface area contributed by atoms with E-state index in [1.54, 1.807) is 0 Å². The number of aromatic nitrogens is 2. The normalized spacial score (nSPS) is 11.7. The van der Waals surface area contributed by atoms with Gasteiger partial charge in [0.1, 0.15) is 11.0 Å². The Hall–Kier alpha value is -1.41. The van der Waals surface area contributed by atoms with E-state index in [-0.39, 0.29) is 5.41 Å². The smallest absolute Gasteiger partial charge is 0.136 e. The average molecular weight is 289 g/mol. The Bertz CT molecular complexity index is 610. The van der Waals surface area contributed by atoms with Gasteiger partial charge in [-0.15, -0.1) is 0 Å². The standard InChI is InChI=1S/C17H21ClN2/c1-6-12-7-9-13(10-8-12)14-11(2)15(18)20-16(19-14)17(3,4)5/h7-10H,6H2,1-5H3. The Morgan fingerprint density at radius 1 is 1.05 bits per heavy atom. The monoisotopic (exact) mass is 288 g/mol. The lowest BCUT2D eigenvalue weighted by Gasteiger charge is -2.19. The van der Waals surface area contributed by atoms with Gasteiger partial charge < -0.3 is 0 Å². The third-order valence-electron chi connectivity index (χ3n) is 3.39. The van der Waals surface area contributed by atoms with Crippen molar-refractivity contribution in [2.75, 3.05) is 0 Å². The van der Waals surface area contributed by atoms with Crippen LogP contribution in [0, 0.1) is 6.92 Å². The molecule has 1 aromatic heterocycles. The van der Waals surface area contributed by atoms with E-state index in [1.807, 2.05) is 6.92 Å². The molecule has 0 unspecified atom stereocenters. The fourth-order valence-corrected chi connectivity index (χ4v) is 2.17. The van der Waals surface area contributed by atoms with Gasteiger partial charge >= 0.3 is 0 Å². The third kappa shape index (κ3) is 3.01. The van der Waals surface area contributed by atoms with E-state index >= 15 is 0 Å². The summed E-state index contributed by atoms with van der Waals surface area (Å²) in [4.78, 5) is 9.15. The van der Waals surface area contributed by atoms with Gasteiger partial charge in [-0.3, -0.25) is 0 Å². The molecule has 106 valence electrons. The van der Waals surface area contributed by atoms with E-state index in [0.717, 1.165) is 29.1 Å². The van der Waals surface area contributed by atoms with Gasteiger partial charge in [0, 0.05) is 16.5 Å². The minimum Gasteiger partial charge on any atom is -0.232 e. The van der Waals surface area contributed by atoms with Crippen molar-refractivity contribution in [3.63, 3.8) is 0 Å². The van der Waals surface area contributed by atoms with Crippen molar-refractivity contribution in [3.8, 4) is 11.3 Å². The summed E-state index contributed by atoms with van der Waals surface area (Å²) in [5, 5.41) is 0.541. The second kappa shape index (κ2) is 5.53. The van der Waals surface area contributed by atoms with Gasteiger partial charge in [0.05, 0.1) is 5.69 Å². The molecule has 0 bridgehead atoms. The van der Waals surface area contributed by atoms with Gasteiger partial charge in [-0.2, -0.15) is 0 Å². The highest BCUT2D eigenvalue weighted by atomic mass is 35.5. The van der Waals surface area contributed by atoms with E-state index in [0.29, 0.717) is 5.15 Å². The van der Waals surface area contributed by atoms with Crippen molar-refractivity contribution in [2.24, 2.45) is 0 Å². The topological polar surface area (TPSA) is 25.8 Å². The van der Waals surface area contributed by atoms with Crippen LogP contribution in [-0.2, 0) is 11.8 Å². The summed E-state index contributed by atoms with van der Waals surface area (Å²) < 4.78 is 0. The molecule has 0 fully saturated rings. The van der Waals surface area contributed by atoms with E-state index in [9.17, 15) is 0 Å². The molecule has 0 spiro atoms. The molecule has 0 saturated heterocycles. The summed E-state index contributed by atoms with van der Waals surface area (Å²) >= 11 is 6.28. The molecule has 0 saturated carbocycles. The number of halogens is 1. The van der Waals surface area contributed by atoms with Crippen LogP contribution >= 0.6 is 11.6 Å². The van der Waals surface area contributed by atoms with Crippen molar-refractivity contribution in [1.29, 1.82) is 0 Å². The predicted molar refractivity (Wildman–Crippen MR) is 85.3 cm³/mol. The Morgan fingerprint density at radius 2 is 1.65 bits per heavy atom. The number of aryl methyl sites for hydroxylation is 1. The molecular formula is C17H21ClN2. The van der Waals surface area contributed by atoms with Gasteiger partial charge in [0.2, 0.25) is 0 Å². The zero-order valence-electron chi connectivity index (χ0n) is 12.8. The van der Waals surface area contributed by atoms with Gasteiger partial charge in [0.25, 0.3) is 0 Å². The Kier molecular flexibility index (Phi) is 4.14. The van der Waals surface area contributed by atoms with Crippen molar-refractivity contribution in [1.82, 2.24) is 9.97 Å². The summed E-state index contributed by atoms with van der Waals surface area (Å²) in [6.45, 7) is 10.4. The first kappa shape index (κ1) is 15.0. The number of benzene rings is 1. The first-order chi connectivity index (χ1) is 9.32. The fraction of sp³-hybridized carbons (Fsp3) is 0.412. The molecule has 0 aliphatic heterocycles. The molecule has 0 N–H and O–H groups in total. The highest BCUT2D eigenvalue weighted by molar-refractivity contribution is 6.30. The summed E-state index contributed by atoms with van der Waals surface area (Å²) in [5.41, 5.74) is 4.16. The lowest BCUT2D eigenvalue weighted by molar-refractivity contribution is 0.545. The zero-order chi connectivity index (χ0) is 14.9. The molecule has 2 aromatic rings. The van der Waals surface area contributed by atoms with Crippen molar-refractivity contribution in [3.05, 3.63) is 46.4 Å². The summed E-state index contributed by atoms with van der Waals surface area (Å²) in [6.07, 6.45) is 1.04. The van der Waals surface area contributed by atoms with Crippen LogP contribution in [0.15, 0.2) is 24.3 Å². The van der Waals surface area contributed by atoms with E-state index < -0.39 is 0 Å². The molecule has 20 heavy (non-hydrogen) atoms. The van der Waals surface area contributed by atoms with Gasteiger partial charge in [-0.25, -0.2) is 9.97 Å². The van der Waals surface area contributed by atoms with Crippen LogP contribution in [-0.4, -0.2) is 9.97 Å². The fourth-order valence-electron chi connectivity index (χ4n) is 2.00. The summed E-state index contributed by atoms with van der Waals surface area (Å²) in [7, 11) is 0. The first-order valence-electron chi connectivity index (χ1n) is 6.97. The summed E-state index contributed by atoms with van der Waals surface area (Å²) in [6, 6.07) is 8.50. The highest BCUT2D eigenvalue weighted by Gasteiger charge is 2.21. The maximum atomic E-state index is 6.28. The largest absolute Gasteiger partial charge is 0.232 e. The molecular weight excluding hydrogens is 268 g/mol.